The molecule has 0 N–H and O–H groups in total. The highest BCUT2D eigenvalue weighted by molar-refractivity contribution is 7.10. The van der Waals surface area contributed by atoms with Gasteiger partial charge in [-0.1, -0.05) is 23.8 Å². The number of morpholine rings is 1. The van der Waals surface area contributed by atoms with E-state index in [-0.39, 0.29) is 30.9 Å². The highest BCUT2D eigenvalue weighted by Gasteiger charge is 2.43. The Hall–Kier alpha value is -2.71. The van der Waals surface area contributed by atoms with Crippen LogP contribution in [0.2, 0.25) is 0 Å². The number of ether oxygens (including phenoxy) is 2. The number of thiophene rings is 1. The number of amides is 2. The molecule has 8 heteroatoms. The zero-order chi connectivity index (χ0) is 22.7. The predicted molar refractivity (Wildman–Crippen MR) is 121 cm³/mol. The molecule has 2 amide bonds. The molecule has 7 nitrogen and oxygen atoms in total. The van der Waals surface area contributed by atoms with Crippen LogP contribution in [0.25, 0.3) is 0 Å². The van der Waals surface area contributed by atoms with Gasteiger partial charge in [0.25, 0.3) is 5.91 Å². The number of rotatable bonds is 5. The molecule has 2 fully saturated rings. The number of nitrogens with zero attached hydrogens (tertiary/aromatic N) is 2. The molecule has 170 valence electrons. The SMILES string of the molecule is Cc1ccc(N2C(=O)CCC(C(=O)OCC(=O)N3CCOC(C)C3)C2c2cccs2)cc1. The minimum absolute atomic E-state index is 0.0188. The lowest BCUT2D eigenvalue weighted by atomic mass is 9.87. The second kappa shape index (κ2) is 9.83. The normalized spacial score (nSPS) is 23.8. The molecular formula is C24H28N2O5S. The zero-order valence-electron chi connectivity index (χ0n) is 18.4. The molecule has 0 bridgehead atoms. The van der Waals surface area contributed by atoms with Gasteiger partial charge in [-0.3, -0.25) is 14.4 Å². The maximum atomic E-state index is 13.1. The van der Waals surface area contributed by atoms with Gasteiger partial charge < -0.3 is 19.3 Å². The first kappa shape index (κ1) is 22.5. The number of hydrogen-bond acceptors (Lipinski definition) is 6. The molecule has 0 radical (unpaired) electrons. The molecule has 1 aromatic carbocycles. The summed E-state index contributed by atoms with van der Waals surface area (Å²) < 4.78 is 11.0. The number of benzene rings is 1. The Balaban J connectivity index is 1.52. The van der Waals surface area contributed by atoms with Crippen LogP contribution >= 0.6 is 11.3 Å². The number of hydrogen-bond donors (Lipinski definition) is 0. The fourth-order valence-corrected chi connectivity index (χ4v) is 5.19. The lowest BCUT2D eigenvalue weighted by molar-refractivity contribution is -0.159. The molecule has 32 heavy (non-hydrogen) atoms. The standard InChI is InChI=1S/C24H28N2O5S/c1-16-5-7-18(8-6-16)26-21(27)10-9-19(23(26)20-4-3-13-32-20)24(29)31-15-22(28)25-11-12-30-17(2)14-25/h3-8,13,17,19,23H,9-12,14-15H2,1-2H3. The van der Waals surface area contributed by atoms with Gasteiger partial charge in [-0.05, 0) is 43.8 Å². The van der Waals surface area contributed by atoms with Crippen LogP contribution in [0.4, 0.5) is 5.69 Å². The van der Waals surface area contributed by atoms with Gasteiger partial charge >= 0.3 is 5.97 Å². The van der Waals surface area contributed by atoms with E-state index in [1.54, 1.807) is 9.80 Å². The Morgan fingerprint density at radius 2 is 2.00 bits per heavy atom. The maximum Gasteiger partial charge on any atom is 0.311 e. The van der Waals surface area contributed by atoms with Crippen LogP contribution in [0.5, 0.6) is 0 Å². The minimum atomic E-state index is -0.538. The third kappa shape index (κ3) is 4.86. The first-order chi connectivity index (χ1) is 15.4. The number of esters is 1. The number of anilines is 1. The molecule has 0 spiro atoms. The summed E-state index contributed by atoms with van der Waals surface area (Å²) in [6.45, 7) is 5.08. The zero-order valence-corrected chi connectivity index (χ0v) is 19.2. The summed E-state index contributed by atoms with van der Waals surface area (Å²) in [5.74, 6) is -1.22. The van der Waals surface area contributed by atoms with Gasteiger partial charge in [-0.15, -0.1) is 11.3 Å². The van der Waals surface area contributed by atoms with Gasteiger partial charge in [0.15, 0.2) is 6.61 Å². The van der Waals surface area contributed by atoms with Gasteiger partial charge in [0.1, 0.15) is 0 Å². The van der Waals surface area contributed by atoms with Gasteiger partial charge in [-0.25, -0.2) is 0 Å². The maximum absolute atomic E-state index is 13.1. The number of carbonyl (C=O) groups is 3. The van der Waals surface area contributed by atoms with Crippen molar-refractivity contribution in [2.45, 2.75) is 38.8 Å². The van der Waals surface area contributed by atoms with Crippen molar-refractivity contribution in [2.75, 3.05) is 31.2 Å². The molecule has 1 aromatic heterocycles. The number of aryl methyl sites for hydroxylation is 1. The summed E-state index contributed by atoms with van der Waals surface area (Å²) in [5, 5.41) is 1.94. The molecular weight excluding hydrogens is 428 g/mol. The van der Waals surface area contributed by atoms with Crippen LogP contribution in [-0.2, 0) is 23.9 Å². The second-order valence-corrected chi connectivity index (χ2v) is 9.31. The van der Waals surface area contributed by atoms with Crippen LogP contribution in [0.1, 0.15) is 36.2 Å². The molecule has 3 atom stereocenters. The summed E-state index contributed by atoms with van der Waals surface area (Å²) in [4.78, 5) is 43.0. The molecule has 3 heterocycles. The van der Waals surface area contributed by atoms with E-state index < -0.39 is 17.9 Å². The summed E-state index contributed by atoms with van der Waals surface area (Å²) >= 11 is 1.51. The van der Waals surface area contributed by atoms with Crippen LogP contribution < -0.4 is 4.90 Å². The minimum Gasteiger partial charge on any atom is -0.455 e. The summed E-state index contributed by atoms with van der Waals surface area (Å²) in [6.07, 6.45) is 0.620. The number of carbonyl (C=O) groups excluding carboxylic acids is 3. The van der Waals surface area contributed by atoms with E-state index in [0.29, 0.717) is 26.1 Å². The summed E-state index contributed by atoms with van der Waals surface area (Å²) in [7, 11) is 0. The van der Waals surface area contributed by atoms with Gasteiger partial charge in [-0.2, -0.15) is 0 Å². The van der Waals surface area contributed by atoms with E-state index in [0.717, 1.165) is 16.1 Å². The molecule has 2 aliphatic heterocycles. The Kier molecular flexibility index (Phi) is 6.91. The lowest BCUT2D eigenvalue weighted by Crippen LogP contribution is -2.48. The van der Waals surface area contributed by atoms with E-state index in [1.807, 2.05) is 55.6 Å². The van der Waals surface area contributed by atoms with Gasteiger partial charge in [0, 0.05) is 30.1 Å². The molecule has 2 aromatic rings. The fraction of sp³-hybridized carbons (Fsp3) is 0.458. The van der Waals surface area contributed by atoms with Crippen molar-refractivity contribution >= 4 is 34.8 Å². The van der Waals surface area contributed by atoms with Crippen LogP contribution in [0, 0.1) is 12.8 Å². The van der Waals surface area contributed by atoms with E-state index in [1.165, 1.54) is 11.3 Å². The van der Waals surface area contributed by atoms with Crippen molar-refractivity contribution in [3.63, 3.8) is 0 Å². The number of piperidine rings is 1. The van der Waals surface area contributed by atoms with Crippen molar-refractivity contribution in [3.8, 4) is 0 Å². The Morgan fingerprint density at radius 1 is 1.22 bits per heavy atom. The van der Waals surface area contributed by atoms with E-state index >= 15 is 0 Å². The highest BCUT2D eigenvalue weighted by Crippen LogP contribution is 2.42. The molecule has 4 rings (SSSR count). The van der Waals surface area contributed by atoms with Crippen molar-refractivity contribution in [2.24, 2.45) is 5.92 Å². The second-order valence-electron chi connectivity index (χ2n) is 8.33. The summed E-state index contributed by atoms with van der Waals surface area (Å²) in [5.41, 5.74) is 1.85. The fourth-order valence-electron chi connectivity index (χ4n) is 4.31. The van der Waals surface area contributed by atoms with Crippen LogP contribution in [-0.4, -0.2) is 55.1 Å². The summed E-state index contributed by atoms with van der Waals surface area (Å²) in [6, 6.07) is 11.1. The van der Waals surface area contributed by atoms with Crippen molar-refractivity contribution in [1.29, 1.82) is 0 Å². The van der Waals surface area contributed by atoms with E-state index in [9.17, 15) is 14.4 Å². The van der Waals surface area contributed by atoms with Crippen molar-refractivity contribution in [3.05, 3.63) is 52.2 Å². The monoisotopic (exact) mass is 456 g/mol. The smallest absolute Gasteiger partial charge is 0.311 e. The predicted octanol–water partition coefficient (Wildman–Crippen LogP) is 3.33. The Bertz CT molecular complexity index is 959. The average molecular weight is 457 g/mol. The van der Waals surface area contributed by atoms with Crippen LogP contribution in [0.3, 0.4) is 0 Å². The molecule has 0 aliphatic carbocycles. The van der Waals surface area contributed by atoms with Crippen molar-refractivity contribution in [1.82, 2.24) is 4.90 Å². The Morgan fingerprint density at radius 3 is 2.69 bits per heavy atom. The topological polar surface area (TPSA) is 76.2 Å². The lowest BCUT2D eigenvalue weighted by Gasteiger charge is -2.39. The van der Waals surface area contributed by atoms with Gasteiger partial charge in [0.2, 0.25) is 5.91 Å². The largest absolute Gasteiger partial charge is 0.455 e. The molecule has 2 aliphatic rings. The third-order valence-corrected chi connectivity index (χ3v) is 6.92. The Labute approximate surface area is 191 Å². The van der Waals surface area contributed by atoms with E-state index in [2.05, 4.69) is 0 Å². The van der Waals surface area contributed by atoms with E-state index in [4.69, 9.17) is 9.47 Å². The first-order valence-electron chi connectivity index (χ1n) is 10.9. The van der Waals surface area contributed by atoms with Crippen LogP contribution in [0.15, 0.2) is 41.8 Å². The third-order valence-electron chi connectivity index (χ3n) is 5.98. The average Bonchev–Trinajstić information content (AvgIpc) is 3.32. The highest BCUT2D eigenvalue weighted by atomic mass is 32.1. The molecule has 3 unspecified atom stereocenters. The molecule has 0 saturated carbocycles. The molecule has 2 saturated heterocycles. The quantitative estimate of drug-likeness (QED) is 0.645. The van der Waals surface area contributed by atoms with Gasteiger partial charge in [0.05, 0.1) is 24.7 Å². The van der Waals surface area contributed by atoms with Crippen molar-refractivity contribution < 1.29 is 23.9 Å². The first-order valence-corrected chi connectivity index (χ1v) is 11.8.